The highest BCUT2D eigenvalue weighted by atomic mass is 35.5. The molecule has 2 rings (SSSR count). The molecule has 2 heterocycles. The van der Waals surface area contributed by atoms with E-state index in [9.17, 15) is 0 Å². The number of nitrogens with one attached hydrogen (secondary N) is 1. The Labute approximate surface area is 130 Å². The van der Waals surface area contributed by atoms with E-state index in [0.29, 0.717) is 0 Å². The number of nitrogens with zero attached hydrogens (tertiary/aromatic N) is 1. The second-order valence-electron chi connectivity index (χ2n) is 4.92. The number of hydrogen-bond acceptors (Lipinski definition) is 3. The average Bonchev–Trinajstić information content (AvgIpc) is 2.79. The molecule has 0 aliphatic heterocycles. The summed E-state index contributed by atoms with van der Waals surface area (Å²) >= 11 is 8.13. The third-order valence-corrected chi connectivity index (χ3v) is 5.23. The predicted octanol–water partition coefficient (Wildman–Crippen LogP) is 4.56. The molecule has 0 aliphatic rings. The van der Waals surface area contributed by atoms with Gasteiger partial charge in [-0.25, -0.2) is 0 Å². The number of halogens is 1. The molecule has 0 bridgehead atoms. The van der Waals surface area contributed by atoms with Crippen LogP contribution in [0.3, 0.4) is 0 Å². The zero-order valence-electron chi connectivity index (χ0n) is 12.2. The molecule has 0 amide bonds. The molecule has 0 aromatic carbocycles. The smallest absolute Gasteiger partial charge is 0.0590 e. The van der Waals surface area contributed by atoms with E-state index in [0.717, 1.165) is 35.7 Å². The summed E-state index contributed by atoms with van der Waals surface area (Å²) in [6.07, 6.45) is 3.87. The molecule has 108 valence electrons. The molecule has 0 radical (unpaired) electrons. The minimum absolute atomic E-state index is 0.242. The lowest BCUT2D eigenvalue weighted by atomic mass is 10.1. The lowest BCUT2D eigenvalue weighted by Crippen LogP contribution is -2.22. The third kappa shape index (κ3) is 3.60. The van der Waals surface area contributed by atoms with Crippen LogP contribution >= 0.6 is 22.9 Å². The van der Waals surface area contributed by atoms with Crippen molar-refractivity contribution in [2.75, 3.05) is 6.54 Å². The summed E-state index contributed by atoms with van der Waals surface area (Å²) in [6.45, 7) is 7.24. The summed E-state index contributed by atoms with van der Waals surface area (Å²) in [5, 5.41) is 6.53. The largest absolute Gasteiger partial charge is 0.309 e. The van der Waals surface area contributed by atoms with Gasteiger partial charge < -0.3 is 5.32 Å². The Bertz CT molecular complexity index is 548. The van der Waals surface area contributed by atoms with Crippen molar-refractivity contribution in [1.29, 1.82) is 0 Å². The quantitative estimate of drug-likeness (QED) is 0.846. The maximum absolute atomic E-state index is 6.40. The zero-order chi connectivity index (χ0) is 14.5. The summed E-state index contributed by atoms with van der Waals surface area (Å²) in [6, 6.07) is 4.52. The number of rotatable bonds is 6. The van der Waals surface area contributed by atoms with Crippen molar-refractivity contribution in [2.24, 2.45) is 0 Å². The highest BCUT2D eigenvalue weighted by Gasteiger charge is 2.18. The van der Waals surface area contributed by atoms with E-state index in [1.165, 1.54) is 10.4 Å². The minimum Gasteiger partial charge on any atom is -0.309 e. The first-order valence-electron chi connectivity index (χ1n) is 7.06. The Morgan fingerprint density at radius 3 is 2.65 bits per heavy atom. The van der Waals surface area contributed by atoms with Crippen molar-refractivity contribution in [1.82, 2.24) is 10.3 Å². The van der Waals surface area contributed by atoms with Gasteiger partial charge in [-0.2, -0.15) is 0 Å². The standard InChI is InChI=1S/C16H21ClN2S/c1-4-12-6-7-13(19-9-12)8-14(18-5-2)16-15(17)11(3)10-20-16/h6-7,9-10,14,18H,4-5,8H2,1-3H3. The molecule has 0 saturated carbocycles. The van der Waals surface area contributed by atoms with Crippen LogP contribution in [0.15, 0.2) is 23.7 Å². The van der Waals surface area contributed by atoms with Crippen molar-refractivity contribution in [3.63, 3.8) is 0 Å². The Hall–Kier alpha value is -0.900. The molecule has 2 aromatic rings. The molecule has 1 unspecified atom stereocenters. The van der Waals surface area contributed by atoms with E-state index in [1.807, 2.05) is 6.20 Å². The number of hydrogen-bond donors (Lipinski definition) is 1. The van der Waals surface area contributed by atoms with Crippen molar-refractivity contribution in [3.05, 3.63) is 50.4 Å². The van der Waals surface area contributed by atoms with Crippen molar-refractivity contribution >= 4 is 22.9 Å². The molecule has 0 saturated heterocycles. The molecule has 2 aromatic heterocycles. The molecule has 0 fully saturated rings. The topological polar surface area (TPSA) is 24.9 Å². The van der Waals surface area contributed by atoms with Crippen LogP contribution in [0.25, 0.3) is 0 Å². The fraction of sp³-hybridized carbons (Fsp3) is 0.438. The van der Waals surface area contributed by atoms with Crippen LogP contribution in [-0.2, 0) is 12.8 Å². The van der Waals surface area contributed by atoms with E-state index in [-0.39, 0.29) is 6.04 Å². The molecule has 2 nitrogen and oxygen atoms in total. The van der Waals surface area contributed by atoms with Gasteiger partial charge in [0.2, 0.25) is 0 Å². The SMILES string of the molecule is CCNC(Cc1ccc(CC)cn1)c1scc(C)c1Cl. The predicted molar refractivity (Wildman–Crippen MR) is 87.8 cm³/mol. The van der Waals surface area contributed by atoms with Gasteiger partial charge in [0.25, 0.3) is 0 Å². The highest BCUT2D eigenvalue weighted by molar-refractivity contribution is 7.10. The third-order valence-electron chi connectivity index (χ3n) is 3.40. The lowest BCUT2D eigenvalue weighted by molar-refractivity contribution is 0.552. The van der Waals surface area contributed by atoms with Gasteiger partial charge in [-0.15, -0.1) is 11.3 Å². The first kappa shape index (κ1) is 15.5. The number of pyridine rings is 1. The van der Waals surface area contributed by atoms with Crippen molar-refractivity contribution in [3.8, 4) is 0 Å². The summed E-state index contributed by atoms with van der Waals surface area (Å²) in [7, 11) is 0. The van der Waals surface area contributed by atoms with Crippen LogP contribution in [0.1, 0.15) is 41.6 Å². The second-order valence-corrected chi connectivity index (χ2v) is 6.21. The van der Waals surface area contributed by atoms with Crippen LogP contribution in [0.2, 0.25) is 5.02 Å². The summed E-state index contributed by atoms with van der Waals surface area (Å²) in [5.41, 5.74) is 3.54. The number of thiophene rings is 1. The Morgan fingerprint density at radius 2 is 2.15 bits per heavy atom. The maximum atomic E-state index is 6.40. The van der Waals surface area contributed by atoms with E-state index in [2.05, 4.69) is 48.6 Å². The Kier molecular flexibility index (Phi) is 5.58. The molecule has 4 heteroatoms. The molecule has 20 heavy (non-hydrogen) atoms. The van der Waals surface area contributed by atoms with Crippen molar-refractivity contribution < 1.29 is 0 Å². The first-order chi connectivity index (χ1) is 9.65. The number of aryl methyl sites for hydroxylation is 2. The molecular formula is C16H21ClN2S. The van der Waals surface area contributed by atoms with E-state index in [4.69, 9.17) is 11.6 Å². The zero-order valence-corrected chi connectivity index (χ0v) is 13.8. The fourth-order valence-electron chi connectivity index (χ4n) is 2.18. The van der Waals surface area contributed by atoms with Gasteiger partial charge in [0.15, 0.2) is 0 Å². The Morgan fingerprint density at radius 1 is 1.35 bits per heavy atom. The van der Waals surface area contributed by atoms with Gasteiger partial charge in [0, 0.05) is 29.2 Å². The van der Waals surface area contributed by atoms with Crippen LogP contribution in [0, 0.1) is 6.92 Å². The van der Waals surface area contributed by atoms with Gasteiger partial charge in [0.05, 0.1) is 5.02 Å². The number of likely N-dealkylation sites (N-methyl/N-ethyl adjacent to an activating group) is 1. The van der Waals surface area contributed by atoms with Crippen LogP contribution in [-0.4, -0.2) is 11.5 Å². The second kappa shape index (κ2) is 7.21. The minimum atomic E-state index is 0.242. The molecule has 0 aliphatic carbocycles. The maximum Gasteiger partial charge on any atom is 0.0590 e. The van der Waals surface area contributed by atoms with E-state index >= 15 is 0 Å². The van der Waals surface area contributed by atoms with Crippen LogP contribution in [0.5, 0.6) is 0 Å². The molecular weight excluding hydrogens is 288 g/mol. The molecule has 1 N–H and O–H groups in total. The van der Waals surface area contributed by atoms with Crippen molar-refractivity contribution in [2.45, 2.75) is 39.7 Å². The summed E-state index contributed by atoms with van der Waals surface area (Å²) in [5.74, 6) is 0. The normalized spacial score (nSPS) is 12.6. The van der Waals surface area contributed by atoms with Gasteiger partial charge in [-0.05, 0) is 42.5 Å². The van der Waals surface area contributed by atoms with Gasteiger partial charge in [0.1, 0.15) is 0 Å². The van der Waals surface area contributed by atoms with E-state index in [1.54, 1.807) is 11.3 Å². The summed E-state index contributed by atoms with van der Waals surface area (Å²) < 4.78 is 0. The van der Waals surface area contributed by atoms with Gasteiger partial charge >= 0.3 is 0 Å². The Balaban J connectivity index is 2.18. The summed E-state index contributed by atoms with van der Waals surface area (Å²) in [4.78, 5) is 5.77. The van der Waals surface area contributed by atoms with Gasteiger partial charge in [-0.3, -0.25) is 4.98 Å². The molecule has 0 spiro atoms. The van der Waals surface area contributed by atoms with Crippen LogP contribution in [0.4, 0.5) is 0 Å². The first-order valence-corrected chi connectivity index (χ1v) is 8.32. The fourth-order valence-corrected chi connectivity index (χ4v) is 3.58. The lowest BCUT2D eigenvalue weighted by Gasteiger charge is -2.17. The monoisotopic (exact) mass is 308 g/mol. The molecule has 1 atom stereocenters. The average molecular weight is 309 g/mol. The highest BCUT2D eigenvalue weighted by Crippen LogP contribution is 2.33. The number of aromatic nitrogens is 1. The van der Waals surface area contributed by atoms with Gasteiger partial charge in [-0.1, -0.05) is 31.5 Å². The van der Waals surface area contributed by atoms with E-state index < -0.39 is 0 Å². The van der Waals surface area contributed by atoms with Crippen LogP contribution < -0.4 is 5.32 Å².